The van der Waals surface area contributed by atoms with E-state index in [1.165, 1.54) is 6.42 Å². The van der Waals surface area contributed by atoms with Gasteiger partial charge < -0.3 is 9.47 Å². The molecule has 3 heteroatoms. The zero-order valence-corrected chi connectivity index (χ0v) is 9.52. The van der Waals surface area contributed by atoms with Gasteiger partial charge in [-0.1, -0.05) is 13.3 Å². The van der Waals surface area contributed by atoms with Gasteiger partial charge in [0.15, 0.2) is 0 Å². The van der Waals surface area contributed by atoms with Crippen LogP contribution in [0.25, 0.3) is 0 Å². The number of thiol groups is 1. The molecule has 0 aliphatic heterocycles. The number of ether oxygens (including phenoxy) is 2. The summed E-state index contributed by atoms with van der Waals surface area (Å²) in [5.41, 5.74) is 0. The molecule has 0 amide bonds. The van der Waals surface area contributed by atoms with Crippen molar-refractivity contribution in [2.24, 2.45) is 0 Å². The topological polar surface area (TPSA) is 18.5 Å². The molecule has 0 aromatic rings. The SMILES string of the molecule is CCCCOCCOCCCCS. The lowest BCUT2D eigenvalue weighted by Crippen LogP contribution is -2.06. The van der Waals surface area contributed by atoms with Crippen molar-refractivity contribution >= 4 is 12.6 Å². The standard InChI is InChI=1S/C10H22O2S/c1-2-3-6-11-8-9-12-7-4-5-10-13/h13H,2-10H2,1H3. The summed E-state index contributed by atoms with van der Waals surface area (Å²) in [5, 5.41) is 0. The molecule has 0 aromatic heterocycles. The van der Waals surface area contributed by atoms with Crippen molar-refractivity contribution in [3.05, 3.63) is 0 Å². The minimum Gasteiger partial charge on any atom is -0.379 e. The summed E-state index contributed by atoms with van der Waals surface area (Å²) in [6, 6.07) is 0. The first kappa shape index (κ1) is 13.3. The van der Waals surface area contributed by atoms with Gasteiger partial charge in [-0.15, -0.1) is 0 Å². The summed E-state index contributed by atoms with van der Waals surface area (Å²) in [4.78, 5) is 0. The molecule has 0 saturated carbocycles. The molecule has 0 radical (unpaired) electrons. The van der Waals surface area contributed by atoms with E-state index in [1.807, 2.05) is 0 Å². The zero-order chi connectivity index (χ0) is 9.78. The molecule has 0 bridgehead atoms. The molecule has 0 aliphatic carbocycles. The van der Waals surface area contributed by atoms with E-state index < -0.39 is 0 Å². The van der Waals surface area contributed by atoms with Gasteiger partial charge in [0.05, 0.1) is 13.2 Å². The van der Waals surface area contributed by atoms with Crippen molar-refractivity contribution in [3.63, 3.8) is 0 Å². The number of unbranched alkanes of at least 4 members (excludes halogenated alkanes) is 2. The van der Waals surface area contributed by atoms with Gasteiger partial charge >= 0.3 is 0 Å². The number of hydrogen-bond acceptors (Lipinski definition) is 3. The van der Waals surface area contributed by atoms with Crippen LogP contribution in [0, 0.1) is 0 Å². The lowest BCUT2D eigenvalue weighted by atomic mass is 10.4. The van der Waals surface area contributed by atoms with Crippen molar-refractivity contribution in [2.45, 2.75) is 32.6 Å². The second-order valence-corrected chi connectivity index (χ2v) is 3.46. The second-order valence-electron chi connectivity index (χ2n) is 3.01. The first-order valence-corrected chi connectivity index (χ1v) is 5.81. The van der Waals surface area contributed by atoms with Crippen LogP contribution < -0.4 is 0 Å². The summed E-state index contributed by atoms with van der Waals surface area (Å²) in [6.07, 6.45) is 4.60. The Bertz CT molecular complexity index is 79.0. The van der Waals surface area contributed by atoms with E-state index in [9.17, 15) is 0 Å². The van der Waals surface area contributed by atoms with Crippen LogP contribution in [0.4, 0.5) is 0 Å². The molecular weight excluding hydrogens is 184 g/mol. The molecule has 0 aliphatic rings. The fraction of sp³-hybridized carbons (Fsp3) is 1.00. The summed E-state index contributed by atoms with van der Waals surface area (Å²) in [6.45, 7) is 5.35. The van der Waals surface area contributed by atoms with Crippen LogP contribution in [0.2, 0.25) is 0 Å². The highest BCUT2D eigenvalue weighted by Gasteiger charge is 1.89. The monoisotopic (exact) mass is 206 g/mol. The van der Waals surface area contributed by atoms with E-state index in [-0.39, 0.29) is 0 Å². The van der Waals surface area contributed by atoms with Gasteiger partial charge in [0.1, 0.15) is 0 Å². The molecule has 0 fully saturated rings. The van der Waals surface area contributed by atoms with E-state index in [0.717, 1.165) is 51.4 Å². The van der Waals surface area contributed by atoms with Crippen LogP contribution in [0.1, 0.15) is 32.6 Å². The quantitative estimate of drug-likeness (QED) is 0.437. The summed E-state index contributed by atoms with van der Waals surface area (Å²) < 4.78 is 10.7. The van der Waals surface area contributed by atoms with Crippen LogP contribution >= 0.6 is 12.6 Å². The lowest BCUT2D eigenvalue weighted by molar-refractivity contribution is 0.0458. The Hall–Kier alpha value is 0.270. The highest BCUT2D eigenvalue weighted by atomic mass is 32.1. The first-order valence-electron chi connectivity index (χ1n) is 5.18. The van der Waals surface area contributed by atoms with Gasteiger partial charge in [-0.3, -0.25) is 0 Å². The number of hydrogen-bond donors (Lipinski definition) is 1. The van der Waals surface area contributed by atoms with Gasteiger partial charge in [0.25, 0.3) is 0 Å². The van der Waals surface area contributed by atoms with Crippen molar-refractivity contribution in [1.82, 2.24) is 0 Å². The highest BCUT2D eigenvalue weighted by Crippen LogP contribution is 1.92. The first-order chi connectivity index (χ1) is 6.41. The normalized spacial score (nSPS) is 10.6. The molecule has 0 spiro atoms. The zero-order valence-electron chi connectivity index (χ0n) is 8.63. The third-order valence-electron chi connectivity index (χ3n) is 1.71. The number of rotatable bonds is 10. The summed E-state index contributed by atoms with van der Waals surface area (Å²) >= 11 is 4.12. The lowest BCUT2D eigenvalue weighted by Gasteiger charge is -2.04. The fourth-order valence-corrected chi connectivity index (χ4v) is 1.11. The van der Waals surface area contributed by atoms with E-state index >= 15 is 0 Å². The molecule has 0 unspecified atom stereocenters. The smallest absolute Gasteiger partial charge is 0.0700 e. The Morgan fingerprint density at radius 3 is 2.00 bits per heavy atom. The van der Waals surface area contributed by atoms with Crippen molar-refractivity contribution in [1.29, 1.82) is 0 Å². The predicted octanol–water partition coefficient (Wildman–Crippen LogP) is 2.53. The average molecular weight is 206 g/mol. The molecule has 0 aromatic carbocycles. The maximum Gasteiger partial charge on any atom is 0.0700 e. The Labute approximate surface area is 87.4 Å². The van der Waals surface area contributed by atoms with Gasteiger partial charge in [0, 0.05) is 13.2 Å². The fourth-order valence-electron chi connectivity index (χ4n) is 0.884. The van der Waals surface area contributed by atoms with Crippen LogP contribution in [0.15, 0.2) is 0 Å². The average Bonchev–Trinajstić information content (AvgIpc) is 2.16. The third kappa shape index (κ3) is 12.3. The predicted molar refractivity (Wildman–Crippen MR) is 59.6 cm³/mol. The van der Waals surface area contributed by atoms with Crippen LogP contribution in [-0.4, -0.2) is 32.2 Å². The molecule has 0 rings (SSSR count). The van der Waals surface area contributed by atoms with E-state index in [1.54, 1.807) is 0 Å². The maximum atomic E-state index is 5.36. The summed E-state index contributed by atoms with van der Waals surface area (Å²) in [5.74, 6) is 0.955. The minimum absolute atomic E-state index is 0.732. The Kier molecular flexibility index (Phi) is 12.5. The third-order valence-corrected chi connectivity index (χ3v) is 2.03. The molecule has 2 nitrogen and oxygen atoms in total. The Balaban J connectivity index is 2.76. The molecule has 0 atom stereocenters. The van der Waals surface area contributed by atoms with Crippen LogP contribution in [0.3, 0.4) is 0 Å². The van der Waals surface area contributed by atoms with E-state index in [4.69, 9.17) is 9.47 Å². The highest BCUT2D eigenvalue weighted by molar-refractivity contribution is 7.80. The van der Waals surface area contributed by atoms with Crippen LogP contribution in [-0.2, 0) is 9.47 Å². The van der Waals surface area contributed by atoms with Gasteiger partial charge in [-0.25, -0.2) is 0 Å². The van der Waals surface area contributed by atoms with Crippen LogP contribution in [0.5, 0.6) is 0 Å². The second kappa shape index (κ2) is 12.3. The molecule has 0 saturated heterocycles. The van der Waals surface area contributed by atoms with Gasteiger partial charge in [0.2, 0.25) is 0 Å². The van der Waals surface area contributed by atoms with Crippen molar-refractivity contribution in [3.8, 4) is 0 Å². The molecule has 0 N–H and O–H groups in total. The Morgan fingerprint density at radius 1 is 0.846 bits per heavy atom. The van der Waals surface area contributed by atoms with Gasteiger partial charge in [-0.2, -0.15) is 12.6 Å². The maximum absolute atomic E-state index is 5.36. The van der Waals surface area contributed by atoms with Crippen molar-refractivity contribution in [2.75, 3.05) is 32.2 Å². The minimum atomic E-state index is 0.732. The summed E-state index contributed by atoms with van der Waals surface area (Å²) in [7, 11) is 0. The van der Waals surface area contributed by atoms with Gasteiger partial charge in [-0.05, 0) is 25.0 Å². The largest absolute Gasteiger partial charge is 0.379 e. The Morgan fingerprint density at radius 2 is 1.46 bits per heavy atom. The molecule has 80 valence electrons. The van der Waals surface area contributed by atoms with E-state index in [0.29, 0.717) is 0 Å². The van der Waals surface area contributed by atoms with Crippen molar-refractivity contribution < 1.29 is 9.47 Å². The van der Waals surface area contributed by atoms with E-state index in [2.05, 4.69) is 19.6 Å². The molecule has 13 heavy (non-hydrogen) atoms. The molecular formula is C10H22O2S. The molecule has 0 heterocycles.